The van der Waals surface area contributed by atoms with Gasteiger partial charge >= 0.3 is 0 Å². The Morgan fingerprint density at radius 1 is 1.21 bits per heavy atom. The molecule has 0 saturated heterocycles. The summed E-state index contributed by atoms with van der Waals surface area (Å²) in [6, 6.07) is 8.08. The number of benzene rings is 1. The van der Waals surface area contributed by atoms with E-state index in [-0.39, 0.29) is 16.7 Å². The summed E-state index contributed by atoms with van der Waals surface area (Å²) in [5.74, 6) is 0.0692. The molecule has 0 spiro atoms. The molecular formula is C22H23N3O2S2. The lowest BCUT2D eigenvalue weighted by Crippen LogP contribution is -2.35. The molecule has 0 radical (unpaired) electrons. The fourth-order valence-corrected chi connectivity index (χ4v) is 6.61. The van der Waals surface area contributed by atoms with Crippen LogP contribution in [-0.2, 0) is 31.1 Å². The molecule has 2 aromatic heterocycles. The minimum Gasteiger partial charge on any atom is -0.311 e. The predicted molar refractivity (Wildman–Crippen MR) is 119 cm³/mol. The number of aromatic nitrogens is 2. The van der Waals surface area contributed by atoms with Gasteiger partial charge in [0, 0.05) is 24.2 Å². The van der Waals surface area contributed by atoms with Gasteiger partial charge in [0.15, 0.2) is 5.16 Å². The monoisotopic (exact) mass is 425 g/mol. The van der Waals surface area contributed by atoms with E-state index in [9.17, 15) is 9.59 Å². The van der Waals surface area contributed by atoms with Crippen LogP contribution < -0.4 is 10.5 Å². The number of amides is 1. The van der Waals surface area contributed by atoms with Crippen LogP contribution in [0.2, 0.25) is 0 Å². The van der Waals surface area contributed by atoms with E-state index in [0.29, 0.717) is 11.7 Å². The van der Waals surface area contributed by atoms with Crippen LogP contribution in [0.25, 0.3) is 10.2 Å². The Morgan fingerprint density at radius 3 is 2.86 bits per heavy atom. The number of anilines is 1. The second-order valence-electron chi connectivity index (χ2n) is 7.78. The van der Waals surface area contributed by atoms with Gasteiger partial charge < -0.3 is 4.90 Å². The van der Waals surface area contributed by atoms with Crippen LogP contribution in [0, 0.1) is 0 Å². The van der Waals surface area contributed by atoms with E-state index < -0.39 is 0 Å². The Hall–Kier alpha value is -2.12. The van der Waals surface area contributed by atoms with Crippen LogP contribution in [0.4, 0.5) is 5.69 Å². The summed E-state index contributed by atoms with van der Waals surface area (Å²) in [6.07, 6.45) is 5.24. The number of fused-ring (bicyclic) bond motifs is 4. The van der Waals surface area contributed by atoms with Crippen molar-refractivity contribution < 1.29 is 4.79 Å². The first-order valence-corrected chi connectivity index (χ1v) is 11.8. The first-order chi connectivity index (χ1) is 14.0. The number of carbonyl (C=O) groups excluding carboxylic acids is 1. The largest absolute Gasteiger partial charge is 0.311 e. The van der Waals surface area contributed by atoms with Crippen molar-refractivity contribution in [1.29, 1.82) is 0 Å². The number of hydrogen-bond acceptors (Lipinski definition) is 5. The predicted octanol–water partition coefficient (Wildman–Crippen LogP) is 3.94. The number of thioether (sulfide) groups is 1. The lowest BCUT2D eigenvalue weighted by atomic mass is 9.97. The molecule has 1 atom stereocenters. The van der Waals surface area contributed by atoms with Gasteiger partial charge in [-0.3, -0.25) is 14.2 Å². The highest BCUT2D eigenvalue weighted by atomic mass is 32.2. The van der Waals surface area contributed by atoms with Gasteiger partial charge in [0.05, 0.1) is 10.6 Å². The summed E-state index contributed by atoms with van der Waals surface area (Å²) in [5, 5.41) is 1.10. The maximum atomic E-state index is 13.1. The molecule has 0 fully saturated rings. The topological polar surface area (TPSA) is 55.2 Å². The molecule has 0 saturated carbocycles. The standard InChI is InChI=1S/C22H23N3O2S2/c1-13(20(26)25-12-11-14-7-3-5-9-16(14)25)28-22-23-19-18(21(27)24(22)2)15-8-4-6-10-17(15)29-19/h3,5,7,9,13H,4,6,8,10-12H2,1-2H3. The van der Waals surface area contributed by atoms with Gasteiger partial charge in [0.1, 0.15) is 4.83 Å². The minimum atomic E-state index is -0.314. The fraction of sp³-hybridized carbons (Fsp3) is 0.409. The highest BCUT2D eigenvalue weighted by molar-refractivity contribution is 8.00. The third-order valence-electron chi connectivity index (χ3n) is 5.94. The van der Waals surface area contributed by atoms with Gasteiger partial charge in [-0.25, -0.2) is 4.98 Å². The van der Waals surface area contributed by atoms with E-state index >= 15 is 0 Å². The van der Waals surface area contributed by atoms with Crippen molar-refractivity contribution in [3.63, 3.8) is 0 Å². The van der Waals surface area contributed by atoms with Crippen LogP contribution in [0.3, 0.4) is 0 Å². The number of para-hydroxylation sites is 1. The third-order valence-corrected chi connectivity index (χ3v) is 8.26. The zero-order valence-corrected chi connectivity index (χ0v) is 18.2. The molecule has 0 N–H and O–H groups in total. The Kier molecular flexibility index (Phi) is 4.75. The van der Waals surface area contributed by atoms with Crippen LogP contribution in [0.5, 0.6) is 0 Å². The van der Waals surface area contributed by atoms with Crippen LogP contribution in [0.1, 0.15) is 35.8 Å². The first-order valence-electron chi connectivity index (χ1n) is 10.1. The molecule has 1 unspecified atom stereocenters. The number of thiophene rings is 1. The van der Waals surface area contributed by atoms with E-state index in [1.54, 1.807) is 23.0 Å². The van der Waals surface area contributed by atoms with Crippen molar-refractivity contribution in [1.82, 2.24) is 9.55 Å². The molecule has 1 aliphatic heterocycles. The lowest BCUT2D eigenvalue weighted by molar-refractivity contribution is -0.117. The number of hydrogen-bond donors (Lipinski definition) is 0. The zero-order valence-electron chi connectivity index (χ0n) is 16.6. The summed E-state index contributed by atoms with van der Waals surface area (Å²) < 4.78 is 1.62. The smallest absolute Gasteiger partial charge is 0.262 e. The van der Waals surface area contributed by atoms with Crippen molar-refractivity contribution in [2.45, 2.75) is 49.4 Å². The first kappa shape index (κ1) is 18.9. The molecular weight excluding hydrogens is 402 g/mol. The van der Waals surface area contributed by atoms with Crippen molar-refractivity contribution >= 4 is 44.9 Å². The lowest BCUT2D eigenvalue weighted by Gasteiger charge is -2.21. The molecule has 2 aliphatic rings. The highest BCUT2D eigenvalue weighted by Crippen LogP contribution is 2.36. The maximum Gasteiger partial charge on any atom is 0.262 e. The Morgan fingerprint density at radius 2 is 2.00 bits per heavy atom. The molecule has 0 bridgehead atoms. The van der Waals surface area contributed by atoms with Gasteiger partial charge in [-0.1, -0.05) is 30.0 Å². The maximum absolute atomic E-state index is 13.1. The fourth-order valence-electron chi connectivity index (χ4n) is 4.37. The Balaban J connectivity index is 1.45. The normalized spacial score (nSPS) is 16.7. The summed E-state index contributed by atoms with van der Waals surface area (Å²) in [7, 11) is 1.77. The van der Waals surface area contributed by atoms with Crippen molar-refractivity contribution in [3.8, 4) is 0 Å². The van der Waals surface area contributed by atoms with E-state index in [4.69, 9.17) is 4.98 Å². The summed E-state index contributed by atoms with van der Waals surface area (Å²) in [6.45, 7) is 2.62. The van der Waals surface area contributed by atoms with Gasteiger partial charge in [-0.2, -0.15) is 0 Å². The van der Waals surface area contributed by atoms with Crippen molar-refractivity contribution in [2.75, 3.05) is 11.4 Å². The zero-order chi connectivity index (χ0) is 20.1. The molecule has 7 heteroatoms. The molecule has 5 rings (SSSR count). The van der Waals surface area contributed by atoms with E-state index in [1.807, 2.05) is 30.0 Å². The minimum absolute atomic E-state index is 0.0167. The van der Waals surface area contributed by atoms with E-state index in [0.717, 1.165) is 41.6 Å². The van der Waals surface area contributed by atoms with Gasteiger partial charge in [0.2, 0.25) is 5.91 Å². The SMILES string of the molecule is CC(Sc1nc2sc3c(c2c(=O)n1C)CCCC3)C(=O)N1CCc2ccccc21. The summed E-state index contributed by atoms with van der Waals surface area (Å²) in [5.41, 5.74) is 3.45. The van der Waals surface area contributed by atoms with Crippen molar-refractivity contribution in [3.05, 3.63) is 50.6 Å². The van der Waals surface area contributed by atoms with Crippen LogP contribution in [-0.4, -0.2) is 27.3 Å². The molecule has 150 valence electrons. The summed E-state index contributed by atoms with van der Waals surface area (Å²) >= 11 is 3.04. The molecule has 1 amide bonds. The average Bonchev–Trinajstić information content (AvgIpc) is 3.32. The molecule has 5 nitrogen and oxygen atoms in total. The Bertz CT molecular complexity index is 1180. The number of aryl methyl sites for hydroxylation is 2. The molecule has 3 heterocycles. The average molecular weight is 426 g/mol. The van der Waals surface area contributed by atoms with Crippen molar-refractivity contribution in [2.24, 2.45) is 7.05 Å². The quantitative estimate of drug-likeness (QED) is 0.471. The molecule has 29 heavy (non-hydrogen) atoms. The third kappa shape index (κ3) is 3.11. The van der Waals surface area contributed by atoms with Crippen LogP contribution in [0.15, 0.2) is 34.2 Å². The number of rotatable bonds is 3. The summed E-state index contributed by atoms with van der Waals surface area (Å²) in [4.78, 5) is 35.0. The van der Waals surface area contributed by atoms with E-state index in [1.165, 1.54) is 34.2 Å². The molecule has 1 aromatic carbocycles. The number of carbonyl (C=O) groups is 1. The number of nitrogens with zero attached hydrogens (tertiary/aromatic N) is 3. The second kappa shape index (κ2) is 7.29. The van der Waals surface area contributed by atoms with Gasteiger partial charge in [-0.05, 0) is 56.2 Å². The highest BCUT2D eigenvalue weighted by Gasteiger charge is 2.29. The second-order valence-corrected chi connectivity index (χ2v) is 10.2. The van der Waals surface area contributed by atoms with Gasteiger partial charge in [0.25, 0.3) is 5.56 Å². The van der Waals surface area contributed by atoms with E-state index in [2.05, 4.69) is 6.07 Å². The Labute approximate surface area is 177 Å². The molecule has 1 aliphatic carbocycles. The molecule has 3 aromatic rings. The van der Waals surface area contributed by atoms with Gasteiger partial charge in [-0.15, -0.1) is 11.3 Å². The van der Waals surface area contributed by atoms with Crippen LogP contribution >= 0.6 is 23.1 Å².